The number of nitrogens with one attached hydrogen (secondary N) is 1. The van der Waals surface area contributed by atoms with Crippen molar-refractivity contribution in [3.05, 3.63) is 35.4 Å². The molecule has 120 valence electrons. The summed E-state index contributed by atoms with van der Waals surface area (Å²) in [5.74, 6) is 0.993. The van der Waals surface area contributed by atoms with Gasteiger partial charge in [-0.05, 0) is 36.5 Å². The maximum absolute atomic E-state index is 8.81. The van der Waals surface area contributed by atoms with E-state index < -0.39 is 0 Å². The number of benzene rings is 1. The van der Waals surface area contributed by atoms with Crippen molar-refractivity contribution < 1.29 is 0 Å². The lowest BCUT2D eigenvalue weighted by atomic mass is 9.93. The lowest BCUT2D eigenvalue weighted by Gasteiger charge is -2.23. The molecule has 0 aromatic heterocycles. The summed E-state index contributed by atoms with van der Waals surface area (Å²) in [5.41, 5.74) is 2.18. The van der Waals surface area contributed by atoms with Crippen molar-refractivity contribution in [2.75, 3.05) is 19.6 Å². The van der Waals surface area contributed by atoms with E-state index in [1.165, 1.54) is 6.42 Å². The third-order valence-corrected chi connectivity index (χ3v) is 3.81. The highest BCUT2D eigenvalue weighted by atomic mass is 127. The van der Waals surface area contributed by atoms with Crippen molar-refractivity contribution in [1.82, 2.24) is 10.2 Å². The topological polar surface area (TPSA) is 51.4 Å². The van der Waals surface area contributed by atoms with E-state index in [1.54, 1.807) is 0 Å². The molecule has 0 saturated carbocycles. The molecule has 1 aromatic carbocycles. The van der Waals surface area contributed by atoms with Gasteiger partial charge in [0.15, 0.2) is 5.96 Å². The van der Waals surface area contributed by atoms with Gasteiger partial charge in [-0.15, -0.1) is 24.0 Å². The summed E-state index contributed by atoms with van der Waals surface area (Å²) in [6, 6.07) is 9.77. The summed E-state index contributed by atoms with van der Waals surface area (Å²) in [6.07, 6.45) is 1.20. The number of hydrogen-bond donors (Lipinski definition) is 1. The molecule has 1 aliphatic rings. The van der Waals surface area contributed by atoms with Gasteiger partial charge in [0.2, 0.25) is 0 Å². The molecular formula is C17H25IN4. The molecule has 1 saturated heterocycles. The van der Waals surface area contributed by atoms with Gasteiger partial charge >= 0.3 is 0 Å². The molecule has 0 aliphatic carbocycles. The number of halogens is 1. The van der Waals surface area contributed by atoms with Crippen molar-refractivity contribution in [1.29, 1.82) is 5.26 Å². The fourth-order valence-electron chi connectivity index (χ4n) is 2.57. The number of likely N-dealkylation sites (tertiary alicyclic amines) is 1. The zero-order chi connectivity index (χ0) is 15.3. The minimum atomic E-state index is 0. The minimum Gasteiger partial charge on any atom is -0.357 e. The Morgan fingerprint density at radius 1 is 1.36 bits per heavy atom. The van der Waals surface area contributed by atoms with Crippen molar-refractivity contribution >= 4 is 29.9 Å². The lowest BCUT2D eigenvalue weighted by Crippen LogP contribution is -2.40. The maximum atomic E-state index is 8.81. The van der Waals surface area contributed by atoms with E-state index in [0.29, 0.717) is 17.5 Å². The minimum absolute atomic E-state index is 0. The predicted molar refractivity (Wildman–Crippen MR) is 101 cm³/mol. The Kier molecular flexibility index (Phi) is 7.14. The summed E-state index contributed by atoms with van der Waals surface area (Å²) in [4.78, 5) is 7.08. The number of nitriles is 1. The van der Waals surface area contributed by atoms with Crippen LogP contribution in [0.25, 0.3) is 0 Å². The molecule has 2 rings (SSSR count). The average molecular weight is 412 g/mol. The molecule has 0 bridgehead atoms. The van der Waals surface area contributed by atoms with Crippen LogP contribution in [0.1, 0.15) is 38.3 Å². The van der Waals surface area contributed by atoms with Gasteiger partial charge in [0.05, 0.1) is 18.2 Å². The first-order valence-corrected chi connectivity index (χ1v) is 7.56. The molecule has 4 nitrogen and oxygen atoms in total. The highest BCUT2D eigenvalue weighted by Crippen LogP contribution is 2.28. The van der Waals surface area contributed by atoms with Gasteiger partial charge in [0.1, 0.15) is 0 Å². The molecule has 0 amide bonds. The highest BCUT2D eigenvalue weighted by Gasteiger charge is 2.30. The van der Waals surface area contributed by atoms with E-state index >= 15 is 0 Å². The van der Waals surface area contributed by atoms with Gasteiger partial charge in [-0.1, -0.05) is 26.0 Å². The molecule has 1 aromatic rings. The summed E-state index contributed by atoms with van der Waals surface area (Å²) < 4.78 is 0. The standard InChI is InChI=1S/C17H24N4.HI/c1-4-19-16(21-10-9-17(2,3)13-21)20-12-15-7-5-14(11-18)6-8-15;/h5-8H,4,9-10,12-13H2,1-3H3,(H,19,20);1H. The van der Waals surface area contributed by atoms with Crippen LogP contribution < -0.4 is 5.32 Å². The van der Waals surface area contributed by atoms with Crippen LogP contribution in [0.2, 0.25) is 0 Å². The van der Waals surface area contributed by atoms with Gasteiger partial charge in [-0.2, -0.15) is 5.26 Å². The van der Waals surface area contributed by atoms with Crippen molar-refractivity contribution in [3.63, 3.8) is 0 Å². The fraction of sp³-hybridized carbons (Fsp3) is 0.529. The maximum Gasteiger partial charge on any atom is 0.194 e. The van der Waals surface area contributed by atoms with Crippen molar-refractivity contribution in [2.45, 2.75) is 33.7 Å². The van der Waals surface area contributed by atoms with Crippen LogP contribution >= 0.6 is 24.0 Å². The summed E-state index contributed by atoms with van der Waals surface area (Å²) in [6.45, 7) is 10.3. The van der Waals surface area contributed by atoms with Crippen LogP contribution in [0.3, 0.4) is 0 Å². The number of guanidine groups is 1. The van der Waals surface area contributed by atoms with E-state index in [9.17, 15) is 0 Å². The van der Waals surface area contributed by atoms with Crippen LogP contribution in [0, 0.1) is 16.7 Å². The van der Waals surface area contributed by atoms with Crippen LogP contribution in [0.5, 0.6) is 0 Å². The number of rotatable bonds is 3. The smallest absolute Gasteiger partial charge is 0.194 e. The number of hydrogen-bond acceptors (Lipinski definition) is 2. The molecule has 5 heteroatoms. The Morgan fingerprint density at radius 3 is 2.55 bits per heavy atom. The third kappa shape index (κ3) is 5.16. The molecule has 0 radical (unpaired) electrons. The SMILES string of the molecule is CCNC(=NCc1ccc(C#N)cc1)N1CCC(C)(C)C1.I. The molecular weight excluding hydrogens is 387 g/mol. The van der Waals surface area contributed by atoms with Crippen LogP contribution in [0.4, 0.5) is 0 Å². The lowest BCUT2D eigenvalue weighted by molar-refractivity contribution is 0.370. The quantitative estimate of drug-likeness (QED) is 0.471. The zero-order valence-corrected chi connectivity index (χ0v) is 15.9. The number of nitrogens with zero attached hydrogens (tertiary/aromatic N) is 3. The van der Waals surface area contributed by atoms with Gasteiger partial charge in [-0.3, -0.25) is 0 Å². The fourth-order valence-corrected chi connectivity index (χ4v) is 2.57. The van der Waals surface area contributed by atoms with Crippen LogP contribution in [-0.4, -0.2) is 30.5 Å². The molecule has 0 atom stereocenters. The molecule has 1 aliphatic heterocycles. The first-order chi connectivity index (χ1) is 10.0. The molecule has 1 heterocycles. The Balaban J connectivity index is 0.00000242. The zero-order valence-electron chi connectivity index (χ0n) is 13.6. The summed E-state index contributed by atoms with van der Waals surface area (Å²) in [7, 11) is 0. The molecule has 1 fully saturated rings. The van der Waals surface area contributed by atoms with Gasteiger partial charge in [0.25, 0.3) is 0 Å². The van der Waals surface area contributed by atoms with Crippen LogP contribution in [-0.2, 0) is 6.54 Å². The predicted octanol–water partition coefficient (Wildman–Crippen LogP) is 3.37. The Bertz CT molecular complexity index is 543. The third-order valence-electron chi connectivity index (χ3n) is 3.81. The molecule has 1 N–H and O–H groups in total. The Morgan fingerprint density at radius 2 is 2.05 bits per heavy atom. The highest BCUT2D eigenvalue weighted by molar-refractivity contribution is 14.0. The summed E-state index contributed by atoms with van der Waals surface area (Å²) >= 11 is 0. The monoisotopic (exact) mass is 412 g/mol. The van der Waals surface area contributed by atoms with E-state index in [1.807, 2.05) is 24.3 Å². The van der Waals surface area contributed by atoms with E-state index in [2.05, 4.69) is 37.1 Å². The molecule has 0 unspecified atom stereocenters. The second-order valence-electron chi connectivity index (χ2n) is 6.31. The summed E-state index contributed by atoms with van der Waals surface area (Å²) in [5, 5.41) is 12.2. The van der Waals surface area contributed by atoms with E-state index in [-0.39, 0.29) is 24.0 Å². The first-order valence-electron chi connectivity index (χ1n) is 7.56. The molecule has 22 heavy (non-hydrogen) atoms. The first kappa shape index (κ1) is 18.8. The van der Waals surface area contributed by atoms with Crippen molar-refractivity contribution in [2.24, 2.45) is 10.4 Å². The largest absolute Gasteiger partial charge is 0.357 e. The van der Waals surface area contributed by atoms with Crippen LogP contribution in [0.15, 0.2) is 29.3 Å². The second kappa shape index (κ2) is 8.37. The van der Waals surface area contributed by atoms with Gasteiger partial charge in [-0.25, -0.2) is 4.99 Å². The van der Waals surface area contributed by atoms with Gasteiger partial charge in [0, 0.05) is 19.6 Å². The van der Waals surface area contributed by atoms with E-state index in [4.69, 9.17) is 10.3 Å². The molecule has 0 spiro atoms. The van der Waals surface area contributed by atoms with Crippen molar-refractivity contribution in [3.8, 4) is 6.07 Å². The Hall–Kier alpha value is -1.29. The van der Waals surface area contributed by atoms with Gasteiger partial charge < -0.3 is 10.2 Å². The number of aliphatic imine (C=N–C) groups is 1. The second-order valence-corrected chi connectivity index (χ2v) is 6.31. The average Bonchev–Trinajstić information content (AvgIpc) is 2.84. The van der Waals surface area contributed by atoms with E-state index in [0.717, 1.165) is 31.2 Å². The Labute approximate surface area is 150 Å². The normalized spacial score (nSPS) is 16.8.